The lowest BCUT2D eigenvalue weighted by molar-refractivity contribution is 0.590. The van der Waals surface area contributed by atoms with Crippen molar-refractivity contribution in [1.82, 2.24) is 0 Å². The molecule has 2 aliphatic heterocycles. The van der Waals surface area contributed by atoms with Crippen LogP contribution < -0.4 is 40.8 Å². The largest absolute Gasteiger partial charge is 0.311 e. The minimum absolute atomic E-state index is 0.00688. The second-order valence-corrected chi connectivity index (χ2v) is 40.0. The maximum atomic E-state index is 2.77. The van der Waals surface area contributed by atoms with Crippen molar-refractivity contribution >= 4 is 113 Å². The van der Waals surface area contributed by atoms with Crippen LogP contribution in [-0.4, -0.2) is 14.8 Å². The van der Waals surface area contributed by atoms with Crippen LogP contribution in [0.3, 0.4) is 0 Å². The first kappa shape index (κ1) is 62.8. The molecule has 460 valence electrons. The molecule has 2 aliphatic rings. The van der Waals surface area contributed by atoms with Crippen LogP contribution in [0.1, 0.15) is 173 Å². The minimum Gasteiger partial charge on any atom is -0.311 e. The molecule has 0 spiro atoms. The maximum Gasteiger partial charge on any atom is 0.264 e. The lowest BCUT2D eigenvalue weighted by Crippen LogP contribution is -2.70. The van der Waals surface area contributed by atoms with Crippen LogP contribution in [0.25, 0.3) is 21.2 Å². The van der Waals surface area contributed by atoms with Crippen molar-refractivity contribution in [2.24, 2.45) is 0 Å². The highest BCUT2D eigenvalue weighted by atomic mass is 32.1. The zero-order valence-corrected chi connectivity index (χ0v) is 59.7. The molecule has 0 aliphatic carbocycles. The molecular formula is C84H96BN3SSi. The summed E-state index contributed by atoms with van der Waals surface area (Å²) in [6.45, 7) is 50.1. The molecule has 0 atom stereocenters. The van der Waals surface area contributed by atoms with Crippen LogP contribution in [0.5, 0.6) is 0 Å². The number of anilines is 9. The lowest BCUT2D eigenvalue weighted by atomic mass is 9.36. The Kier molecular flexibility index (Phi) is 15.3. The smallest absolute Gasteiger partial charge is 0.264 e. The van der Waals surface area contributed by atoms with Crippen molar-refractivity contribution in [3.05, 3.63) is 228 Å². The minimum atomic E-state index is -2.93. The molecule has 0 saturated carbocycles. The zero-order valence-electron chi connectivity index (χ0n) is 57.9. The zero-order chi connectivity index (χ0) is 64.6. The summed E-state index contributed by atoms with van der Waals surface area (Å²) in [7, 11) is -2.93. The van der Waals surface area contributed by atoms with E-state index in [4.69, 9.17) is 0 Å². The Bertz CT molecular complexity index is 4250. The van der Waals surface area contributed by atoms with Crippen LogP contribution in [0.15, 0.2) is 200 Å². The van der Waals surface area contributed by atoms with Gasteiger partial charge in [-0.25, -0.2) is 0 Å². The molecule has 90 heavy (non-hydrogen) atoms. The van der Waals surface area contributed by atoms with Gasteiger partial charge in [0.05, 0.1) is 11.4 Å². The average molecular weight is 1220 g/mol. The summed E-state index contributed by atoms with van der Waals surface area (Å²) in [5.74, 6) is 0. The highest BCUT2D eigenvalue weighted by molar-refractivity contribution is 7.33. The number of hydrogen-bond donors (Lipinski definition) is 0. The van der Waals surface area contributed by atoms with E-state index in [0.29, 0.717) is 0 Å². The number of hydrogen-bond acceptors (Lipinski definition) is 4. The summed E-state index contributed by atoms with van der Waals surface area (Å²) in [6, 6.07) is 79.0. The molecule has 10 aromatic rings. The molecule has 1 aromatic heterocycles. The molecule has 0 saturated heterocycles. The molecule has 3 nitrogen and oxygen atoms in total. The summed E-state index contributed by atoms with van der Waals surface area (Å²) in [5, 5.41) is 3.92. The first-order chi connectivity index (χ1) is 42.1. The summed E-state index contributed by atoms with van der Waals surface area (Å²) < 4.78 is 2.68. The van der Waals surface area contributed by atoms with Crippen LogP contribution in [0.2, 0.25) is 10.1 Å². The molecule has 0 N–H and O–H groups in total. The molecule has 0 radical (unpaired) electrons. The first-order valence-electron chi connectivity index (χ1n) is 32.9. The highest BCUT2D eigenvalue weighted by Gasteiger charge is 2.57. The summed E-state index contributed by atoms with van der Waals surface area (Å²) in [5.41, 5.74) is 22.2. The normalized spacial score (nSPS) is 14.0. The van der Waals surface area contributed by atoms with E-state index in [-0.39, 0.29) is 43.9 Å². The molecular weight excluding hydrogens is 1120 g/mol. The van der Waals surface area contributed by atoms with Crippen molar-refractivity contribution < 1.29 is 0 Å². The Labute approximate surface area is 546 Å². The topological polar surface area (TPSA) is 9.72 Å². The van der Waals surface area contributed by atoms with E-state index in [1.165, 1.54) is 104 Å². The van der Waals surface area contributed by atoms with Crippen molar-refractivity contribution in [3.63, 3.8) is 0 Å². The van der Waals surface area contributed by atoms with Gasteiger partial charge < -0.3 is 14.7 Å². The van der Waals surface area contributed by atoms with Crippen molar-refractivity contribution in [2.75, 3.05) is 14.7 Å². The summed E-state index contributed by atoms with van der Waals surface area (Å²) in [4.78, 5) is 7.96. The fourth-order valence-electron chi connectivity index (χ4n) is 15.4. The Morgan fingerprint density at radius 3 is 1.31 bits per heavy atom. The third-order valence-corrected chi connectivity index (χ3v) is 27.9. The Hall–Kier alpha value is -7.38. The van der Waals surface area contributed by atoms with Crippen LogP contribution in [0.4, 0.5) is 51.2 Å². The van der Waals surface area contributed by atoms with Gasteiger partial charge in [0.1, 0.15) is 8.07 Å². The van der Waals surface area contributed by atoms with Gasteiger partial charge in [0, 0.05) is 60.2 Å². The van der Waals surface area contributed by atoms with Crippen molar-refractivity contribution in [3.8, 4) is 11.1 Å². The fraction of sp³-hybridized carbons (Fsp3) is 0.333. The van der Waals surface area contributed by atoms with Crippen LogP contribution in [0, 0.1) is 0 Å². The number of nitrogens with zero attached hydrogens (tertiary/aromatic N) is 3. The third-order valence-electron chi connectivity index (χ3n) is 19.8. The number of rotatable bonds is 8. The molecule has 12 rings (SSSR count). The van der Waals surface area contributed by atoms with E-state index in [1.54, 1.807) is 0 Å². The van der Waals surface area contributed by atoms with Crippen molar-refractivity contribution in [2.45, 2.75) is 183 Å². The van der Waals surface area contributed by atoms with Gasteiger partial charge in [-0.1, -0.05) is 266 Å². The molecule has 6 heteroatoms. The standard InChI is InChI=1S/C84H96BN3SSi/c1-78(2,3)56-32-40-61(41-33-56)86(62-42-34-57(35-43-62)79(4,5)6)64-46-47-69-71(52-64)87(63-44-36-58(37-45-63)80(7,8)9)72-53-66(90(83(16,17)18,84(19,20)21)65-30-26-23-27-31-65)54-73-75(72)85(69)77-76(68-51-60(82(13,14)15)39-49-74(68)89-77)88(73)70-48-38-59(81(10,11)12)50-67(70)55-28-24-22-25-29-55/h22-54H,1-21H3. The molecule has 0 amide bonds. The van der Waals surface area contributed by atoms with E-state index < -0.39 is 8.07 Å². The van der Waals surface area contributed by atoms with Gasteiger partial charge in [0.2, 0.25) is 0 Å². The lowest BCUT2D eigenvalue weighted by Gasteiger charge is -2.54. The van der Waals surface area contributed by atoms with Gasteiger partial charge in [-0.15, -0.1) is 11.3 Å². The summed E-state index contributed by atoms with van der Waals surface area (Å²) in [6.07, 6.45) is 0. The third kappa shape index (κ3) is 10.8. The van der Waals surface area contributed by atoms with E-state index in [1.807, 2.05) is 11.3 Å². The SMILES string of the molecule is CC(C)(C)c1ccc(N(c2ccc(C(C)(C)C)cc2)c2ccc3c(c2)N(c2ccc(C(C)(C)C)cc2)c2cc([Si](c4ccccc4)(C(C)(C)C)C(C)(C)C)cc4c2B3c2sc3ccc(C(C)(C)C)cc3c2N4c2ccc(C(C)(C)C)cc2-c2ccccc2)cc1. The quantitative estimate of drug-likeness (QED) is 0.140. The van der Waals surface area contributed by atoms with E-state index in [9.17, 15) is 0 Å². The van der Waals surface area contributed by atoms with E-state index >= 15 is 0 Å². The fourth-order valence-corrected chi connectivity index (χ4v) is 24.1. The van der Waals surface area contributed by atoms with Gasteiger partial charge in [0.25, 0.3) is 6.71 Å². The molecule has 0 unspecified atom stereocenters. The second-order valence-electron chi connectivity index (χ2n) is 33.2. The predicted octanol–water partition coefficient (Wildman–Crippen LogP) is 21.8. The van der Waals surface area contributed by atoms with Crippen molar-refractivity contribution in [1.29, 1.82) is 0 Å². The van der Waals surface area contributed by atoms with Gasteiger partial charge in [0.15, 0.2) is 0 Å². The van der Waals surface area contributed by atoms with Gasteiger partial charge in [-0.05, 0) is 172 Å². The number of fused-ring (bicyclic) bond motifs is 6. The number of benzene rings is 9. The molecule has 3 heterocycles. The number of thiophene rings is 1. The van der Waals surface area contributed by atoms with Crippen LogP contribution >= 0.6 is 11.3 Å². The monoisotopic (exact) mass is 1220 g/mol. The van der Waals surface area contributed by atoms with Gasteiger partial charge >= 0.3 is 0 Å². The molecule has 0 bridgehead atoms. The van der Waals surface area contributed by atoms with Gasteiger partial charge in [-0.3, -0.25) is 0 Å². The molecule has 9 aromatic carbocycles. The Balaban J connectivity index is 1.27. The second kappa shape index (κ2) is 21.9. The van der Waals surface area contributed by atoms with E-state index in [2.05, 4.69) is 360 Å². The maximum absolute atomic E-state index is 2.93. The van der Waals surface area contributed by atoms with Gasteiger partial charge in [-0.2, -0.15) is 0 Å². The molecule has 0 fully saturated rings. The average Bonchev–Trinajstić information content (AvgIpc) is 1.12. The summed E-state index contributed by atoms with van der Waals surface area (Å²) >= 11 is 1.99. The Morgan fingerprint density at radius 2 is 0.811 bits per heavy atom. The Morgan fingerprint density at radius 1 is 0.367 bits per heavy atom. The van der Waals surface area contributed by atoms with E-state index in [0.717, 1.165) is 22.7 Å². The highest BCUT2D eigenvalue weighted by Crippen LogP contribution is 2.55. The predicted molar refractivity (Wildman–Crippen MR) is 400 cm³/mol. The van der Waals surface area contributed by atoms with Crippen LogP contribution in [-0.2, 0) is 27.1 Å². The first-order valence-corrected chi connectivity index (χ1v) is 35.8.